The van der Waals surface area contributed by atoms with E-state index in [-0.39, 0.29) is 16.0 Å². The van der Waals surface area contributed by atoms with Crippen LogP contribution in [-0.4, -0.2) is 4.92 Å². The van der Waals surface area contributed by atoms with Crippen LogP contribution in [0.3, 0.4) is 0 Å². The Morgan fingerprint density at radius 1 is 1.00 bits per heavy atom. The van der Waals surface area contributed by atoms with E-state index in [1.165, 1.54) is 6.07 Å². The van der Waals surface area contributed by atoms with Gasteiger partial charge >= 0.3 is 0 Å². The van der Waals surface area contributed by atoms with Crippen LogP contribution in [0.1, 0.15) is 26.3 Å². The van der Waals surface area contributed by atoms with Gasteiger partial charge in [-0.15, -0.1) is 0 Å². The van der Waals surface area contributed by atoms with Crippen LogP contribution in [0.2, 0.25) is 0 Å². The van der Waals surface area contributed by atoms with Crippen molar-refractivity contribution in [1.82, 2.24) is 0 Å². The number of rotatable bonds is 2. The fraction of sp³-hybridized carbons (Fsp3) is 0.222. The Bertz CT molecular complexity index is 713. The van der Waals surface area contributed by atoms with Crippen LogP contribution in [-0.2, 0) is 0 Å². The molecule has 0 saturated carbocycles. The molecule has 3 heteroatoms. The summed E-state index contributed by atoms with van der Waals surface area (Å²) in [4.78, 5) is 10.7. The molecule has 0 aromatic heterocycles. The largest absolute Gasteiger partial charge is 0.277 e. The molecule has 0 radical (unpaired) electrons. The predicted octanol–water partition coefficient (Wildman–Crippen LogP) is 4.66. The molecule has 0 spiro atoms. The molecule has 0 atom stereocenters. The number of benzene rings is 2. The van der Waals surface area contributed by atoms with E-state index in [2.05, 4.69) is 32.6 Å². The highest BCUT2D eigenvalue weighted by molar-refractivity contribution is 5.73. The second-order valence-electron chi connectivity index (χ2n) is 5.85. The highest BCUT2D eigenvalue weighted by atomic mass is 16.6. The Balaban J connectivity index is 2.36. The number of para-hydroxylation sites is 1. The SMILES string of the molecule is CC(C)(C)C#Cc1ccc(-c2ccccc2[N+](=O)[O-])cc1. The molecule has 0 heterocycles. The molecule has 2 rings (SSSR count). The molecular formula is C18H17NO2. The van der Waals surface area contributed by atoms with Crippen LogP contribution in [0.15, 0.2) is 48.5 Å². The minimum Gasteiger partial charge on any atom is -0.258 e. The summed E-state index contributed by atoms with van der Waals surface area (Å²) >= 11 is 0. The number of nitrogens with zero attached hydrogens (tertiary/aromatic N) is 1. The van der Waals surface area contributed by atoms with Gasteiger partial charge in [0.25, 0.3) is 5.69 Å². The van der Waals surface area contributed by atoms with Gasteiger partial charge in [0.2, 0.25) is 0 Å². The van der Waals surface area contributed by atoms with Crippen LogP contribution in [0.5, 0.6) is 0 Å². The molecule has 0 unspecified atom stereocenters. The first-order chi connectivity index (χ1) is 9.87. The summed E-state index contributed by atoms with van der Waals surface area (Å²) in [6, 6.07) is 14.3. The molecule has 2 aromatic rings. The van der Waals surface area contributed by atoms with E-state index in [4.69, 9.17) is 0 Å². The highest BCUT2D eigenvalue weighted by Crippen LogP contribution is 2.29. The topological polar surface area (TPSA) is 43.1 Å². The van der Waals surface area contributed by atoms with Crippen molar-refractivity contribution in [2.45, 2.75) is 20.8 Å². The number of nitro groups is 1. The van der Waals surface area contributed by atoms with E-state index in [0.29, 0.717) is 5.56 Å². The van der Waals surface area contributed by atoms with E-state index in [0.717, 1.165) is 11.1 Å². The van der Waals surface area contributed by atoms with Crippen molar-refractivity contribution in [3.63, 3.8) is 0 Å². The first-order valence-corrected chi connectivity index (χ1v) is 6.74. The summed E-state index contributed by atoms with van der Waals surface area (Å²) in [5, 5.41) is 11.1. The lowest BCUT2D eigenvalue weighted by Gasteiger charge is -2.07. The van der Waals surface area contributed by atoms with E-state index in [1.807, 2.05) is 24.3 Å². The molecule has 3 nitrogen and oxygen atoms in total. The monoisotopic (exact) mass is 279 g/mol. The molecule has 0 fully saturated rings. The van der Waals surface area contributed by atoms with Crippen molar-refractivity contribution in [2.24, 2.45) is 5.41 Å². The molecule has 0 bridgehead atoms. The Kier molecular flexibility index (Phi) is 4.09. The Labute approximate surface area is 124 Å². The average molecular weight is 279 g/mol. The van der Waals surface area contributed by atoms with E-state index < -0.39 is 0 Å². The normalized spacial score (nSPS) is 10.6. The molecule has 0 saturated heterocycles. The maximum Gasteiger partial charge on any atom is 0.277 e. The van der Waals surface area contributed by atoms with Gasteiger partial charge in [0.15, 0.2) is 0 Å². The summed E-state index contributed by atoms with van der Waals surface area (Å²) in [5.41, 5.74) is 2.43. The Morgan fingerprint density at radius 2 is 1.62 bits per heavy atom. The van der Waals surface area contributed by atoms with Crippen molar-refractivity contribution < 1.29 is 4.92 Å². The second kappa shape index (κ2) is 5.80. The molecule has 0 aliphatic rings. The molecule has 0 amide bonds. The molecule has 0 aliphatic heterocycles. The van der Waals surface area contributed by atoms with Gasteiger partial charge in [-0.2, -0.15) is 0 Å². The van der Waals surface area contributed by atoms with Crippen molar-refractivity contribution in [2.75, 3.05) is 0 Å². The quantitative estimate of drug-likeness (QED) is 0.456. The lowest BCUT2D eigenvalue weighted by Crippen LogP contribution is -1.99. The molecule has 0 N–H and O–H groups in total. The van der Waals surface area contributed by atoms with Gasteiger partial charge in [-0.1, -0.05) is 36.1 Å². The van der Waals surface area contributed by atoms with Gasteiger partial charge in [-0.3, -0.25) is 10.1 Å². The zero-order valence-corrected chi connectivity index (χ0v) is 12.4. The van der Waals surface area contributed by atoms with Crippen LogP contribution in [0, 0.1) is 27.4 Å². The average Bonchev–Trinajstić information content (AvgIpc) is 2.45. The van der Waals surface area contributed by atoms with Crippen molar-refractivity contribution in [3.8, 4) is 23.0 Å². The summed E-state index contributed by atoms with van der Waals surface area (Å²) in [7, 11) is 0. The molecule has 0 aliphatic carbocycles. The first-order valence-electron chi connectivity index (χ1n) is 6.74. The van der Waals surface area contributed by atoms with Crippen molar-refractivity contribution >= 4 is 5.69 Å². The maximum atomic E-state index is 11.1. The minimum absolute atomic E-state index is 0.0448. The van der Waals surface area contributed by atoms with Crippen LogP contribution in [0.25, 0.3) is 11.1 Å². The van der Waals surface area contributed by atoms with E-state index in [1.54, 1.807) is 18.2 Å². The third kappa shape index (κ3) is 3.93. The van der Waals surface area contributed by atoms with Gasteiger partial charge in [0, 0.05) is 17.0 Å². The Hall–Kier alpha value is -2.60. The third-order valence-electron chi connectivity index (χ3n) is 2.88. The zero-order chi connectivity index (χ0) is 15.5. The summed E-state index contributed by atoms with van der Waals surface area (Å²) < 4.78 is 0. The highest BCUT2D eigenvalue weighted by Gasteiger charge is 2.13. The smallest absolute Gasteiger partial charge is 0.258 e. The van der Waals surface area contributed by atoms with Crippen molar-refractivity contribution in [3.05, 3.63) is 64.2 Å². The Morgan fingerprint density at radius 3 is 2.19 bits per heavy atom. The fourth-order valence-corrected chi connectivity index (χ4v) is 1.87. The maximum absolute atomic E-state index is 11.1. The van der Waals surface area contributed by atoms with Gasteiger partial charge in [-0.05, 0) is 44.5 Å². The van der Waals surface area contributed by atoms with Gasteiger partial charge in [0.05, 0.1) is 10.5 Å². The zero-order valence-electron chi connectivity index (χ0n) is 12.4. The fourth-order valence-electron chi connectivity index (χ4n) is 1.87. The molecule has 2 aromatic carbocycles. The standard InChI is InChI=1S/C18H17NO2/c1-18(2,3)13-12-14-8-10-15(11-9-14)16-6-4-5-7-17(16)19(20)21/h4-11H,1-3H3. The third-order valence-corrected chi connectivity index (χ3v) is 2.88. The number of nitro benzene ring substituents is 1. The van der Waals surface area contributed by atoms with Crippen LogP contribution < -0.4 is 0 Å². The molecular weight excluding hydrogens is 262 g/mol. The number of hydrogen-bond donors (Lipinski definition) is 0. The number of hydrogen-bond acceptors (Lipinski definition) is 2. The van der Waals surface area contributed by atoms with Crippen LogP contribution in [0.4, 0.5) is 5.69 Å². The molecule has 106 valence electrons. The van der Waals surface area contributed by atoms with Gasteiger partial charge in [-0.25, -0.2) is 0 Å². The lowest BCUT2D eigenvalue weighted by atomic mass is 9.97. The minimum atomic E-state index is -0.358. The summed E-state index contributed by atoms with van der Waals surface area (Å²) in [6.45, 7) is 6.17. The summed E-state index contributed by atoms with van der Waals surface area (Å²) in [5.74, 6) is 6.29. The predicted molar refractivity (Wildman–Crippen MR) is 84.9 cm³/mol. The van der Waals surface area contributed by atoms with Gasteiger partial charge < -0.3 is 0 Å². The first kappa shape index (κ1) is 14.8. The molecule has 21 heavy (non-hydrogen) atoms. The van der Waals surface area contributed by atoms with Crippen LogP contribution >= 0.6 is 0 Å². The van der Waals surface area contributed by atoms with Crippen molar-refractivity contribution in [1.29, 1.82) is 0 Å². The lowest BCUT2D eigenvalue weighted by molar-refractivity contribution is -0.384. The van der Waals surface area contributed by atoms with E-state index in [9.17, 15) is 10.1 Å². The van der Waals surface area contributed by atoms with Gasteiger partial charge in [0.1, 0.15) is 0 Å². The van der Waals surface area contributed by atoms with E-state index >= 15 is 0 Å². The summed E-state index contributed by atoms with van der Waals surface area (Å²) in [6.07, 6.45) is 0. The second-order valence-corrected chi connectivity index (χ2v) is 5.85.